The first kappa shape index (κ1) is 23.5. The van der Waals surface area contributed by atoms with Gasteiger partial charge in [-0.15, -0.1) is 0 Å². The van der Waals surface area contributed by atoms with Gasteiger partial charge >= 0.3 is 0 Å². The molecule has 7 nitrogen and oxygen atoms in total. The Kier molecular flexibility index (Phi) is 8.26. The lowest BCUT2D eigenvalue weighted by atomic mass is 9.86. The number of ether oxygens (including phenoxy) is 1. The van der Waals surface area contributed by atoms with Gasteiger partial charge in [-0.3, -0.25) is 14.9 Å². The van der Waals surface area contributed by atoms with Gasteiger partial charge in [0.25, 0.3) is 0 Å². The number of amides is 2. The van der Waals surface area contributed by atoms with Crippen molar-refractivity contribution in [2.45, 2.75) is 76.8 Å². The Morgan fingerprint density at radius 3 is 2.71 bits per heavy atom. The topological polar surface area (TPSA) is 91.5 Å². The third-order valence-electron chi connectivity index (χ3n) is 6.03. The minimum Gasteiger partial charge on any atom is -0.490 e. The molecule has 1 saturated heterocycles. The number of rotatable bonds is 12. The van der Waals surface area contributed by atoms with Gasteiger partial charge in [-0.2, -0.15) is 0 Å². The molecule has 3 rings (SSSR count). The van der Waals surface area contributed by atoms with Crippen LogP contribution in [0.5, 0.6) is 5.75 Å². The van der Waals surface area contributed by atoms with Gasteiger partial charge in [0.05, 0.1) is 18.3 Å². The first-order chi connectivity index (χ1) is 14.8. The molecule has 0 radical (unpaired) electrons. The summed E-state index contributed by atoms with van der Waals surface area (Å²) in [6.07, 6.45) is 7.35. The Balaban J connectivity index is 1.34. The SMILES string of the molecule is CC(C)(CCCCNC1CCC(=O)NC1=O)NNc1ccc(F)c(OCC2CCC2)c1. The van der Waals surface area contributed by atoms with Crippen molar-refractivity contribution < 1.29 is 18.7 Å². The van der Waals surface area contributed by atoms with Crippen molar-refractivity contribution in [2.24, 2.45) is 5.92 Å². The van der Waals surface area contributed by atoms with Gasteiger partial charge < -0.3 is 15.5 Å². The van der Waals surface area contributed by atoms with Crippen molar-refractivity contribution in [1.82, 2.24) is 16.1 Å². The maximum Gasteiger partial charge on any atom is 0.243 e. The number of halogens is 1. The number of anilines is 1. The highest BCUT2D eigenvalue weighted by atomic mass is 19.1. The number of hydrogen-bond donors (Lipinski definition) is 4. The highest BCUT2D eigenvalue weighted by Gasteiger charge is 2.25. The Labute approximate surface area is 183 Å². The quantitative estimate of drug-likeness (QED) is 0.229. The first-order valence-corrected chi connectivity index (χ1v) is 11.3. The van der Waals surface area contributed by atoms with E-state index in [1.54, 1.807) is 12.1 Å². The van der Waals surface area contributed by atoms with E-state index in [-0.39, 0.29) is 35.0 Å². The van der Waals surface area contributed by atoms with Crippen LogP contribution in [-0.2, 0) is 9.59 Å². The highest BCUT2D eigenvalue weighted by molar-refractivity contribution is 6.00. The Hall–Kier alpha value is -2.19. The lowest BCUT2D eigenvalue weighted by Crippen LogP contribution is -2.50. The summed E-state index contributed by atoms with van der Waals surface area (Å²) in [5.74, 6) is 0.0839. The van der Waals surface area contributed by atoms with Crippen LogP contribution in [0.1, 0.15) is 65.2 Å². The third-order valence-corrected chi connectivity index (χ3v) is 6.03. The number of nitrogens with one attached hydrogen (secondary N) is 4. The second kappa shape index (κ2) is 10.9. The molecule has 0 spiro atoms. The van der Waals surface area contributed by atoms with Gasteiger partial charge in [0.1, 0.15) is 0 Å². The molecule has 1 saturated carbocycles. The predicted molar refractivity (Wildman–Crippen MR) is 118 cm³/mol. The lowest BCUT2D eigenvalue weighted by molar-refractivity contribution is -0.134. The van der Waals surface area contributed by atoms with Crippen LogP contribution in [0.25, 0.3) is 0 Å². The van der Waals surface area contributed by atoms with E-state index in [2.05, 4.69) is 35.3 Å². The number of carbonyl (C=O) groups excluding carboxylic acids is 2. The van der Waals surface area contributed by atoms with Gasteiger partial charge in [0, 0.05) is 18.0 Å². The minimum absolute atomic E-state index is 0.171. The summed E-state index contributed by atoms with van der Waals surface area (Å²) in [6, 6.07) is 4.54. The van der Waals surface area contributed by atoms with E-state index < -0.39 is 0 Å². The van der Waals surface area contributed by atoms with Crippen molar-refractivity contribution in [1.29, 1.82) is 0 Å². The first-order valence-electron chi connectivity index (χ1n) is 11.3. The van der Waals surface area contributed by atoms with Gasteiger partial charge in [0.15, 0.2) is 11.6 Å². The maximum absolute atomic E-state index is 14.0. The average Bonchev–Trinajstić information content (AvgIpc) is 2.68. The van der Waals surface area contributed by atoms with Crippen molar-refractivity contribution in [2.75, 3.05) is 18.6 Å². The van der Waals surface area contributed by atoms with Gasteiger partial charge in [0.2, 0.25) is 11.8 Å². The number of carbonyl (C=O) groups is 2. The molecule has 4 N–H and O–H groups in total. The standard InChI is InChI=1S/C23H35FN4O3/c1-23(2,12-3-4-13-25-19-10-11-21(29)26-22(19)30)28-27-17-8-9-18(24)20(14-17)31-15-16-6-5-7-16/h8-9,14,16,19,25,27-28H,3-7,10-13,15H2,1-2H3,(H,26,29,30). The van der Waals surface area contributed by atoms with Crippen LogP contribution in [0.4, 0.5) is 10.1 Å². The molecule has 2 fully saturated rings. The molecule has 1 aliphatic carbocycles. The van der Waals surface area contributed by atoms with E-state index in [0.717, 1.165) is 31.5 Å². The zero-order valence-electron chi connectivity index (χ0n) is 18.6. The summed E-state index contributed by atoms with van der Waals surface area (Å²) >= 11 is 0. The molecular weight excluding hydrogens is 399 g/mol. The Morgan fingerprint density at radius 1 is 1.19 bits per heavy atom. The zero-order chi connectivity index (χ0) is 22.3. The second-order valence-electron chi connectivity index (χ2n) is 9.30. The molecule has 2 amide bonds. The largest absolute Gasteiger partial charge is 0.490 e. The molecule has 0 aromatic heterocycles. The van der Waals surface area contributed by atoms with E-state index in [4.69, 9.17) is 4.74 Å². The summed E-state index contributed by atoms with van der Waals surface area (Å²) in [5.41, 5.74) is 7.08. The van der Waals surface area contributed by atoms with Crippen molar-refractivity contribution in [3.63, 3.8) is 0 Å². The molecule has 1 atom stereocenters. The van der Waals surface area contributed by atoms with E-state index in [1.807, 2.05) is 0 Å². The van der Waals surface area contributed by atoms with Crippen LogP contribution < -0.4 is 26.2 Å². The average molecular weight is 435 g/mol. The van der Waals surface area contributed by atoms with Crippen LogP contribution in [0.2, 0.25) is 0 Å². The number of unbranched alkanes of at least 4 members (excludes halogenated alkanes) is 1. The summed E-state index contributed by atoms with van der Waals surface area (Å²) in [6.45, 7) is 5.51. The molecule has 0 bridgehead atoms. The van der Waals surface area contributed by atoms with Crippen molar-refractivity contribution in [3.05, 3.63) is 24.0 Å². The lowest BCUT2D eigenvalue weighted by Gasteiger charge is -2.28. The van der Waals surface area contributed by atoms with Crippen LogP contribution in [0.3, 0.4) is 0 Å². The number of benzene rings is 1. The fourth-order valence-electron chi connectivity index (χ4n) is 3.72. The molecule has 2 aliphatic rings. The van der Waals surface area contributed by atoms with E-state index >= 15 is 0 Å². The van der Waals surface area contributed by atoms with Crippen LogP contribution >= 0.6 is 0 Å². The van der Waals surface area contributed by atoms with Crippen molar-refractivity contribution in [3.8, 4) is 5.75 Å². The minimum atomic E-state index is -0.340. The molecule has 1 aromatic carbocycles. The van der Waals surface area contributed by atoms with Gasteiger partial charge in [-0.25, -0.2) is 9.82 Å². The van der Waals surface area contributed by atoms with Gasteiger partial charge in [-0.1, -0.05) is 12.8 Å². The summed E-state index contributed by atoms with van der Waals surface area (Å²) in [4.78, 5) is 22.9. The molecule has 8 heteroatoms. The molecular formula is C23H35FN4O3. The molecule has 1 unspecified atom stereocenters. The molecule has 31 heavy (non-hydrogen) atoms. The van der Waals surface area contributed by atoms with E-state index in [0.29, 0.717) is 25.4 Å². The summed E-state index contributed by atoms with van der Waals surface area (Å²) in [7, 11) is 0. The fraction of sp³-hybridized carbons (Fsp3) is 0.652. The zero-order valence-corrected chi connectivity index (χ0v) is 18.6. The van der Waals surface area contributed by atoms with Crippen LogP contribution in [0.15, 0.2) is 18.2 Å². The van der Waals surface area contributed by atoms with Gasteiger partial charge in [-0.05, 0) is 70.5 Å². The number of piperidine rings is 1. The molecule has 1 heterocycles. The third kappa shape index (κ3) is 7.47. The smallest absolute Gasteiger partial charge is 0.243 e. The number of hydrogen-bond acceptors (Lipinski definition) is 6. The number of hydrazine groups is 1. The fourth-order valence-corrected chi connectivity index (χ4v) is 3.72. The maximum atomic E-state index is 14.0. The Morgan fingerprint density at radius 2 is 2.00 bits per heavy atom. The monoisotopic (exact) mass is 434 g/mol. The predicted octanol–water partition coefficient (Wildman–Crippen LogP) is 3.26. The van der Waals surface area contributed by atoms with E-state index in [9.17, 15) is 14.0 Å². The summed E-state index contributed by atoms with van der Waals surface area (Å²) in [5, 5.41) is 5.59. The second-order valence-corrected chi connectivity index (χ2v) is 9.30. The van der Waals surface area contributed by atoms with Crippen LogP contribution in [-0.4, -0.2) is 36.5 Å². The van der Waals surface area contributed by atoms with E-state index in [1.165, 1.54) is 25.3 Å². The highest BCUT2D eigenvalue weighted by Crippen LogP contribution is 2.29. The van der Waals surface area contributed by atoms with Crippen LogP contribution in [0, 0.1) is 11.7 Å². The van der Waals surface area contributed by atoms with Crippen molar-refractivity contribution >= 4 is 17.5 Å². The summed E-state index contributed by atoms with van der Waals surface area (Å²) < 4.78 is 19.7. The molecule has 1 aromatic rings. The molecule has 1 aliphatic heterocycles. The molecule has 172 valence electrons. The normalized spacial score (nSPS) is 19.6. The Bertz CT molecular complexity index is 767. The number of imide groups is 1.